The van der Waals surface area contributed by atoms with Crippen LogP contribution in [0.1, 0.15) is 77.0 Å². The Hall–Kier alpha value is -2.05. The summed E-state index contributed by atoms with van der Waals surface area (Å²) in [4.78, 5) is 36.8. The Morgan fingerprint density at radius 2 is 1.03 bits per heavy atom. The average Bonchev–Trinajstić information content (AvgIpc) is 2.74. The number of carbonyl (C=O) groups is 3. The van der Waals surface area contributed by atoms with Crippen molar-refractivity contribution in [3.8, 4) is 0 Å². The van der Waals surface area contributed by atoms with Gasteiger partial charge in [0.15, 0.2) is 29.9 Å². The molecule has 0 aromatic heterocycles. The summed E-state index contributed by atoms with van der Waals surface area (Å²) in [5.74, 6) is -1.76. The largest absolute Gasteiger partial charge is 0.456 e. The molecule has 2 atom stereocenters. The number of esters is 1. The SMILES string of the molecule is C=CCCCCC(=O)OC(C(O)C(=O)CCCCC=C)C(O)C(=O)CCCCC=C. The lowest BCUT2D eigenvalue weighted by Crippen LogP contribution is -2.48. The predicted octanol–water partition coefficient (Wildman–Crippen LogP) is 4.00. The first-order chi connectivity index (χ1) is 14.4. The summed E-state index contributed by atoms with van der Waals surface area (Å²) in [6.45, 7) is 10.8. The number of allylic oxidation sites excluding steroid dienone is 3. The highest BCUT2D eigenvalue weighted by atomic mass is 16.6. The summed E-state index contributed by atoms with van der Waals surface area (Å²) in [6, 6.07) is 0. The molecule has 30 heavy (non-hydrogen) atoms. The number of ether oxygens (including phenoxy) is 1. The molecule has 0 amide bonds. The van der Waals surface area contributed by atoms with Crippen LogP contribution in [0.5, 0.6) is 0 Å². The van der Waals surface area contributed by atoms with Crippen LogP contribution >= 0.6 is 0 Å². The van der Waals surface area contributed by atoms with Crippen molar-refractivity contribution < 1.29 is 29.3 Å². The van der Waals surface area contributed by atoms with E-state index in [1.54, 1.807) is 18.2 Å². The summed E-state index contributed by atoms with van der Waals surface area (Å²) >= 11 is 0. The van der Waals surface area contributed by atoms with Gasteiger partial charge < -0.3 is 14.9 Å². The first kappa shape index (κ1) is 27.9. The van der Waals surface area contributed by atoms with Crippen LogP contribution in [0.3, 0.4) is 0 Å². The third-order valence-electron chi connectivity index (χ3n) is 4.75. The van der Waals surface area contributed by atoms with Gasteiger partial charge in [-0.05, 0) is 57.8 Å². The van der Waals surface area contributed by atoms with E-state index in [2.05, 4.69) is 19.7 Å². The third kappa shape index (κ3) is 12.5. The minimum absolute atomic E-state index is 0.0721. The molecule has 0 aliphatic heterocycles. The summed E-state index contributed by atoms with van der Waals surface area (Å²) in [6.07, 6.45) is 6.49. The Kier molecular flexibility index (Phi) is 16.6. The van der Waals surface area contributed by atoms with Crippen molar-refractivity contribution in [3.05, 3.63) is 38.0 Å². The molecule has 0 fully saturated rings. The quantitative estimate of drug-likeness (QED) is 0.175. The molecular formula is C24H38O6. The van der Waals surface area contributed by atoms with Crippen LogP contribution in [0.15, 0.2) is 38.0 Å². The molecular weight excluding hydrogens is 384 g/mol. The van der Waals surface area contributed by atoms with E-state index in [1.807, 2.05) is 0 Å². The number of hydrogen-bond donors (Lipinski definition) is 2. The monoisotopic (exact) mass is 422 g/mol. The summed E-state index contributed by atoms with van der Waals surface area (Å²) in [7, 11) is 0. The normalized spacial score (nSPS) is 13.7. The summed E-state index contributed by atoms with van der Waals surface area (Å²) in [5, 5.41) is 20.9. The fourth-order valence-electron chi connectivity index (χ4n) is 2.91. The zero-order chi connectivity index (χ0) is 22.8. The maximum atomic E-state index is 12.3. The first-order valence-electron chi connectivity index (χ1n) is 10.8. The third-order valence-corrected chi connectivity index (χ3v) is 4.75. The molecule has 0 saturated carbocycles. The van der Waals surface area contributed by atoms with E-state index in [0.717, 1.165) is 38.5 Å². The fourth-order valence-corrected chi connectivity index (χ4v) is 2.91. The number of aliphatic hydroxyl groups excluding tert-OH is 2. The van der Waals surface area contributed by atoms with E-state index < -0.39 is 35.8 Å². The van der Waals surface area contributed by atoms with Gasteiger partial charge in [0.2, 0.25) is 0 Å². The maximum absolute atomic E-state index is 12.3. The summed E-state index contributed by atoms with van der Waals surface area (Å²) < 4.78 is 5.21. The molecule has 0 spiro atoms. The number of carbonyl (C=O) groups excluding carboxylic acids is 3. The van der Waals surface area contributed by atoms with Gasteiger partial charge in [-0.1, -0.05) is 18.2 Å². The molecule has 2 unspecified atom stereocenters. The molecule has 6 nitrogen and oxygen atoms in total. The maximum Gasteiger partial charge on any atom is 0.306 e. The minimum Gasteiger partial charge on any atom is -0.456 e. The highest BCUT2D eigenvalue weighted by molar-refractivity contribution is 5.88. The molecule has 6 heteroatoms. The van der Waals surface area contributed by atoms with Gasteiger partial charge >= 0.3 is 5.97 Å². The second-order valence-corrected chi connectivity index (χ2v) is 7.38. The molecule has 0 bridgehead atoms. The van der Waals surface area contributed by atoms with Crippen molar-refractivity contribution in [2.45, 2.75) is 95.4 Å². The average molecular weight is 423 g/mol. The number of aliphatic hydroxyl groups is 2. The fraction of sp³-hybridized carbons (Fsp3) is 0.625. The lowest BCUT2D eigenvalue weighted by Gasteiger charge is -2.26. The standard InChI is InChI=1S/C24H38O6/c1-4-7-10-13-16-19(25)22(28)24(30-21(27)18-15-12-9-6-3)23(29)20(26)17-14-11-8-5-2/h4-6,22-24,28-29H,1-3,7-18H2. The molecule has 0 aromatic rings. The second-order valence-electron chi connectivity index (χ2n) is 7.38. The van der Waals surface area contributed by atoms with Crippen molar-refractivity contribution in [1.29, 1.82) is 0 Å². The van der Waals surface area contributed by atoms with Crippen molar-refractivity contribution >= 4 is 17.5 Å². The molecule has 0 aliphatic carbocycles. The Balaban J connectivity index is 4.99. The number of unbranched alkanes of at least 4 members (excludes halogenated alkanes) is 6. The lowest BCUT2D eigenvalue weighted by molar-refractivity contribution is -0.170. The molecule has 0 radical (unpaired) electrons. The molecule has 0 rings (SSSR count). The highest BCUT2D eigenvalue weighted by Gasteiger charge is 2.38. The van der Waals surface area contributed by atoms with Gasteiger partial charge in [0.05, 0.1) is 0 Å². The zero-order valence-electron chi connectivity index (χ0n) is 18.1. The van der Waals surface area contributed by atoms with E-state index in [9.17, 15) is 24.6 Å². The van der Waals surface area contributed by atoms with Gasteiger partial charge in [-0.25, -0.2) is 0 Å². The summed E-state index contributed by atoms with van der Waals surface area (Å²) in [5.41, 5.74) is 0. The van der Waals surface area contributed by atoms with Crippen molar-refractivity contribution in [3.63, 3.8) is 0 Å². The van der Waals surface area contributed by atoms with Crippen molar-refractivity contribution in [1.82, 2.24) is 0 Å². The molecule has 0 heterocycles. The second kappa shape index (κ2) is 17.8. The molecule has 0 saturated heterocycles. The van der Waals surface area contributed by atoms with E-state index in [4.69, 9.17) is 4.74 Å². The Labute approximate surface area is 180 Å². The molecule has 0 aromatic carbocycles. The smallest absolute Gasteiger partial charge is 0.306 e. The van der Waals surface area contributed by atoms with Crippen LogP contribution in [-0.4, -0.2) is 46.1 Å². The number of rotatable bonds is 20. The van der Waals surface area contributed by atoms with E-state index in [1.165, 1.54) is 0 Å². The van der Waals surface area contributed by atoms with Crippen LogP contribution in [0.4, 0.5) is 0 Å². The first-order valence-corrected chi connectivity index (χ1v) is 10.8. The molecule has 170 valence electrons. The number of hydrogen-bond acceptors (Lipinski definition) is 6. The van der Waals surface area contributed by atoms with Crippen LogP contribution in [0.25, 0.3) is 0 Å². The number of Topliss-reactive ketones (excluding diaryl/α,β-unsaturated/α-hetero) is 2. The van der Waals surface area contributed by atoms with E-state index >= 15 is 0 Å². The van der Waals surface area contributed by atoms with E-state index in [-0.39, 0.29) is 19.3 Å². The Morgan fingerprint density at radius 1 is 0.667 bits per heavy atom. The zero-order valence-corrected chi connectivity index (χ0v) is 18.1. The Bertz CT molecular complexity index is 520. The van der Waals surface area contributed by atoms with Crippen molar-refractivity contribution in [2.24, 2.45) is 0 Å². The minimum atomic E-state index is -1.74. The van der Waals surface area contributed by atoms with Crippen LogP contribution < -0.4 is 0 Å². The number of ketones is 2. The van der Waals surface area contributed by atoms with Gasteiger partial charge in [-0.2, -0.15) is 0 Å². The van der Waals surface area contributed by atoms with Gasteiger partial charge in [0, 0.05) is 19.3 Å². The van der Waals surface area contributed by atoms with Gasteiger partial charge in [0.1, 0.15) is 0 Å². The van der Waals surface area contributed by atoms with Gasteiger partial charge in [0.25, 0.3) is 0 Å². The molecule has 2 N–H and O–H groups in total. The van der Waals surface area contributed by atoms with Crippen LogP contribution in [0, 0.1) is 0 Å². The molecule has 0 aliphatic rings. The van der Waals surface area contributed by atoms with Crippen LogP contribution in [0.2, 0.25) is 0 Å². The lowest BCUT2D eigenvalue weighted by atomic mass is 9.95. The predicted molar refractivity (Wildman–Crippen MR) is 118 cm³/mol. The van der Waals surface area contributed by atoms with Gasteiger partial charge in [-0.3, -0.25) is 14.4 Å². The van der Waals surface area contributed by atoms with Gasteiger partial charge in [-0.15, -0.1) is 19.7 Å². The topological polar surface area (TPSA) is 101 Å². The van der Waals surface area contributed by atoms with E-state index in [0.29, 0.717) is 19.3 Å². The van der Waals surface area contributed by atoms with Crippen LogP contribution in [-0.2, 0) is 19.1 Å². The van der Waals surface area contributed by atoms with Crippen molar-refractivity contribution in [2.75, 3.05) is 0 Å². The Morgan fingerprint density at radius 3 is 1.40 bits per heavy atom. The highest BCUT2D eigenvalue weighted by Crippen LogP contribution is 2.16.